The summed E-state index contributed by atoms with van der Waals surface area (Å²) in [6.07, 6.45) is 0. The van der Waals surface area contributed by atoms with Crippen molar-refractivity contribution in [1.29, 1.82) is 0 Å². The van der Waals surface area contributed by atoms with E-state index in [1.807, 2.05) is 27.7 Å². The van der Waals surface area contributed by atoms with Gasteiger partial charge in [-0.3, -0.25) is 4.79 Å². The fourth-order valence-corrected chi connectivity index (χ4v) is 0.144. The van der Waals surface area contributed by atoms with Crippen molar-refractivity contribution in [2.24, 2.45) is 0 Å². The predicted molar refractivity (Wildman–Crippen MR) is 46.4 cm³/mol. The standard InChI is InChI=1S/C5H10O2.C2H5Br/c1-5(2,3)7-4-6;1-2-3/h4H,1-3H3;2H2,1H3. The molecule has 0 aromatic rings. The number of rotatable bonds is 1. The average molecular weight is 211 g/mol. The summed E-state index contributed by atoms with van der Waals surface area (Å²) in [4.78, 5) is 9.60. The van der Waals surface area contributed by atoms with Crippen molar-refractivity contribution < 1.29 is 9.53 Å². The van der Waals surface area contributed by atoms with Crippen molar-refractivity contribution in [2.75, 3.05) is 5.33 Å². The zero-order valence-corrected chi connectivity index (χ0v) is 8.56. The molecule has 3 heteroatoms. The molecule has 10 heavy (non-hydrogen) atoms. The van der Waals surface area contributed by atoms with Crippen LogP contribution < -0.4 is 0 Å². The van der Waals surface area contributed by atoms with Crippen LogP contribution in [0.1, 0.15) is 27.7 Å². The first kappa shape index (κ1) is 12.6. The molecule has 62 valence electrons. The normalized spacial score (nSPS) is 9.30. The summed E-state index contributed by atoms with van der Waals surface area (Å²) in [5.74, 6) is 0. The van der Waals surface area contributed by atoms with Crippen molar-refractivity contribution in [3.05, 3.63) is 0 Å². The Morgan fingerprint density at radius 1 is 1.50 bits per heavy atom. The maximum atomic E-state index is 9.60. The van der Waals surface area contributed by atoms with Gasteiger partial charge in [0.1, 0.15) is 5.60 Å². The molecule has 0 aliphatic rings. The van der Waals surface area contributed by atoms with E-state index < -0.39 is 0 Å². The van der Waals surface area contributed by atoms with Gasteiger partial charge < -0.3 is 4.74 Å². The lowest BCUT2D eigenvalue weighted by Gasteiger charge is -2.14. The molecule has 0 amide bonds. The second kappa shape index (κ2) is 7.06. The Kier molecular flexibility index (Phi) is 8.91. The van der Waals surface area contributed by atoms with Crippen LogP contribution in [-0.4, -0.2) is 17.4 Å². The largest absolute Gasteiger partial charge is 0.462 e. The molecule has 0 atom stereocenters. The molecule has 0 N–H and O–H groups in total. The van der Waals surface area contributed by atoms with Crippen molar-refractivity contribution in [1.82, 2.24) is 0 Å². The molecule has 0 aromatic heterocycles. The first-order valence-electron chi connectivity index (χ1n) is 3.15. The molecule has 0 bridgehead atoms. The molecule has 0 unspecified atom stereocenters. The summed E-state index contributed by atoms with van der Waals surface area (Å²) >= 11 is 3.15. The van der Waals surface area contributed by atoms with E-state index >= 15 is 0 Å². The van der Waals surface area contributed by atoms with Gasteiger partial charge in [-0.05, 0) is 20.8 Å². The van der Waals surface area contributed by atoms with Gasteiger partial charge in [0, 0.05) is 5.33 Å². The Labute approximate surface area is 71.1 Å². The van der Waals surface area contributed by atoms with E-state index in [4.69, 9.17) is 0 Å². The lowest BCUT2D eigenvalue weighted by Crippen LogP contribution is -2.17. The smallest absolute Gasteiger partial charge is 0.293 e. The van der Waals surface area contributed by atoms with Crippen LogP contribution in [0.2, 0.25) is 0 Å². The fraction of sp³-hybridized carbons (Fsp3) is 0.857. The Balaban J connectivity index is 0. The number of alkyl halides is 1. The summed E-state index contributed by atoms with van der Waals surface area (Å²) in [5, 5.41) is 1.06. The Hall–Kier alpha value is -0.0500. The molecule has 2 nitrogen and oxygen atoms in total. The Morgan fingerprint density at radius 3 is 1.80 bits per heavy atom. The molecule has 0 saturated heterocycles. The molecule has 0 heterocycles. The van der Waals surface area contributed by atoms with Crippen LogP contribution >= 0.6 is 15.9 Å². The molecular formula is C7H15BrO2. The van der Waals surface area contributed by atoms with Gasteiger partial charge in [-0.25, -0.2) is 0 Å². The van der Waals surface area contributed by atoms with Crippen LogP contribution in [0.3, 0.4) is 0 Å². The topological polar surface area (TPSA) is 26.3 Å². The van der Waals surface area contributed by atoms with Gasteiger partial charge in [0.2, 0.25) is 0 Å². The van der Waals surface area contributed by atoms with Crippen LogP contribution in [-0.2, 0) is 9.53 Å². The van der Waals surface area contributed by atoms with E-state index in [2.05, 4.69) is 20.7 Å². The molecule has 0 aromatic carbocycles. The predicted octanol–water partition coefficient (Wildman–Crippen LogP) is 2.36. The van der Waals surface area contributed by atoms with E-state index in [-0.39, 0.29) is 5.60 Å². The number of halogens is 1. The summed E-state index contributed by atoms with van der Waals surface area (Å²) < 4.78 is 4.55. The number of carbonyl (C=O) groups excluding carboxylic acids is 1. The zero-order valence-electron chi connectivity index (χ0n) is 6.98. The molecule has 0 rings (SSSR count). The van der Waals surface area contributed by atoms with Crippen molar-refractivity contribution >= 4 is 22.4 Å². The first-order chi connectivity index (χ1) is 4.47. The molecule has 0 saturated carbocycles. The van der Waals surface area contributed by atoms with Gasteiger partial charge in [-0.1, -0.05) is 22.9 Å². The summed E-state index contributed by atoms with van der Waals surface area (Å²) in [6.45, 7) is 7.96. The Morgan fingerprint density at radius 2 is 1.80 bits per heavy atom. The lowest BCUT2D eigenvalue weighted by molar-refractivity contribution is -0.138. The van der Waals surface area contributed by atoms with Crippen LogP contribution in [0.4, 0.5) is 0 Å². The first-order valence-corrected chi connectivity index (χ1v) is 4.27. The van der Waals surface area contributed by atoms with Crippen molar-refractivity contribution in [3.63, 3.8) is 0 Å². The zero-order chi connectivity index (χ0) is 8.62. The molecule has 0 fully saturated rings. The minimum absolute atomic E-state index is 0.318. The van der Waals surface area contributed by atoms with Crippen molar-refractivity contribution in [3.8, 4) is 0 Å². The molecular weight excluding hydrogens is 196 g/mol. The van der Waals surface area contributed by atoms with E-state index in [0.717, 1.165) is 5.33 Å². The molecule has 0 spiro atoms. The second-order valence-corrected chi connectivity index (χ2v) is 3.72. The SMILES string of the molecule is CC(C)(C)OC=O.CCBr. The van der Waals surface area contributed by atoms with Gasteiger partial charge in [0.25, 0.3) is 6.47 Å². The minimum atomic E-state index is -0.318. The quantitative estimate of drug-likeness (QED) is 0.491. The number of carbonyl (C=O) groups is 1. The van der Waals surface area contributed by atoms with Gasteiger partial charge >= 0.3 is 0 Å². The lowest BCUT2D eigenvalue weighted by atomic mass is 10.2. The molecule has 0 aliphatic carbocycles. The third-order valence-electron chi connectivity index (χ3n) is 0.402. The van der Waals surface area contributed by atoms with E-state index in [1.54, 1.807) is 0 Å². The minimum Gasteiger partial charge on any atom is -0.462 e. The third kappa shape index (κ3) is 24.6. The maximum Gasteiger partial charge on any atom is 0.293 e. The highest BCUT2D eigenvalue weighted by Gasteiger charge is 2.07. The van der Waals surface area contributed by atoms with Crippen LogP contribution in [0.25, 0.3) is 0 Å². The second-order valence-electron chi connectivity index (χ2n) is 2.59. The maximum absolute atomic E-state index is 9.60. The Bertz CT molecular complexity index is 76.2. The van der Waals surface area contributed by atoms with Gasteiger partial charge in [-0.15, -0.1) is 0 Å². The molecule has 0 radical (unpaired) electrons. The number of hydrogen-bond acceptors (Lipinski definition) is 2. The van der Waals surface area contributed by atoms with Crippen molar-refractivity contribution in [2.45, 2.75) is 33.3 Å². The summed E-state index contributed by atoms with van der Waals surface area (Å²) in [7, 11) is 0. The highest BCUT2D eigenvalue weighted by molar-refractivity contribution is 9.09. The van der Waals surface area contributed by atoms with E-state index in [9.17, 15) is 4.79 Å². The average Bonchev–Trinajstić information content (AvgIpc) is 1.63. The summed E-state index contributed by atoms with van der Waals surface area (Å²) in [6, 6.07) is 0. The van der Waals surface area contributed by atoms with E-state index in [1.165, 1.54) is 0 Å². The van der Waals surface area contributed by atoms with Crippen LogP contribution in [0.5, 0.6) is 0 Å². The van der Waals surface area contributed by atoms with E-state index in [0.29, 0.717) is 6.47 Å². The van der Waals surface area contributed by atoms with Gasteiger partial charge in [-0.2, -0.15) is 0 Å². The third-order valence-corrected chi connectivity index (χ3v) is 0.402. The van der Waals surface area contributed by atoms with Gasteiger partial charge in [0.15, 0.2) is 0 Å². The van der Waals surface area contributed by atoms with Gasteiger partial charge in [0.05, 0.1) is 0 Å². The highest BCUT2D eigenvalue weighted by atomic mass is 79.9. The molecule has 0 aliphatic heterocycles. The fourth-order valence-electron chi connectivity index (χ4n) is 0.144. The van der Waals surface area contributed by atoms with Crippen LogP contribution in [0, 0.1) is 0 Å². The highest BCUT2D eigenvalue weighted by Crippen LogP contribution is 2.02. The monoisotopic (exact) mass is 210 g/mol. The number of ether oxygens (including phenoxy) is 1. The summed E-state index contributed by atoms with van der Waals surface area (Å²) in [5.41, 5.74) is -0.318. The number of hydrogen-bond donors (Lipinski definition) is 0. The van der Waals surface area contributed by atoms with Crippen LogP contribution in [0.15, 0.2) is 0 Å².